The van der Waals surface area contributed by atoms with Crippen molar-refractivity contribution < 1.29 is 9.53 Å². The predicted octanol–water partition coefficient (Wildman–Crippen LogP) is 6.05. The molecule has 32 heavy (non-hydrogen) atoms. The second-order valence-corrected chi connectivity index (χ2v) is 9.48. The number of benzene rings is 2. The smallest absolute Gasteiger partial charge is 0.408 e. The van der Waals surface area contributed by atoms with E-state index in [9.17, 15) is 4.79 Å². The minimum Gasteiger partial charge on any atom is -0.444 e. The third-order valence-electron chi connectivity index (χ3n) is 5.00. The molecule has 0 bridgehead atoms. The number of amides is 1. The quantitative estimate of drug-likeness (QED) is 0.495. The van der Waals surface area contributed by atoms with Crippen LogP contribution in [0.3, 0.4) is 0 Å². The maximum Gasteiger partial charge on any atom is 0.408 e. The van der Waals surface area contributed by atoms with Crippen molar-refractivity contribution in [2.45, 2.75) is 58.8 Å². The Labute approximate surface area is 191 Å². The minimum atomic E-state index is -0.662. The SMILES string of the molecule is CC(C)(C)OC(=O)NC(C)(C)c1ccc(N(Cc2ccccc2)Cc2ccccc2)cn1. The summed E-state index contributed by atoms with van der Waals surface area (Å²) in [5.74, 6) is 0. The molecule has 1 heterocycles. The summed E-state index contributed by atoms with van der Waals surface area (Å²) in [6, 6.07) is 24.8. The van der Waals surface area contributed by atoms with Crippen LogP contribution in [0.25, 0.3) is 0 Å². The monoisotopic (exact) mass is 431 g/mol. The number of hydrogen-bond donors (Lipinski definition) is 1. The normalized spacial score (nSPS) is 11.7. The number of pyridine rings is 1. The molecular formula is C27H33N3O2. The Morgan fingerprint density at radius 3 is 1.81 bits per heavy atom. The lowest BCUT2D eigenvalue weighted by atomic mass is 10.00. The van der Waals surface area contributed by atoms with Crippen LogP contribution in [0.15, 0.2) is 79.0 Å². The van der Waals surface area contributed by atoms with E-state index in [-0.39, 0.29) is 0 Å². The molecular weight excluding hydrogens is 398 g/mol. The fourth-order valence-corrected chi connectivity index (χ4v) is 3.41. The molecule has 3 aromatic rings. The second-order valence-electron chi connectivity index (χ2n) is 9.48. The Kier molecular flexibility index (Phi) is 7.18. The number of carbonyl (C=O) groups is 1. The number of hydrogen-bond acceptors (Lipinski definition) is 4. The van der Waals surface area contributed by atoms with Crippen molar-refractivity contribution in [3.8, 4) is 0 Å². The Balaban J connectivity index is 1.79. The summed E-state index contributed by atoms with van der Waals surface area (Å²) in [4.78, 5) is 19.3. The zero-order valence-electron chi connectivity index (χ0n) is 19.6. The van der Waals surface area contributed by atoms with E-state index in [0.717, 1.165) is 24.5 Å². The van der Waals surface area contributed by atoms with Crippen molar-refractivity contribution in [1.82, 2.24) is 10.3 Å². The molecule has 0 saturated carbocycles. The van der Waals surface area contributed by atoms with Crippen LogP contribution < -0.4 is 10.2 Å². The highest BCUT2D eigenvalue weighted by molar-refractivity contribution is 5.69. The van der Waals surface area contributed by atoms with Crippen LogP contribution in [0, 0.1) is 0 Å². The Morgan fingerprint density at radius 1 is 0.844 bits per heavy atom. The maximum absolute atomic E-state index is 12.3. The van der Waals surface area contributed by atoms with Gasteiger partial charge in [0.1, 0.15) is 5.60 Å². The van der Waals surface area contributed by atoms with Crippen molar-refractivity contribution in [2.24, 2.45) is 0 Å². The van der Waals surface area contributed by atoms with Gasteiger partial charge in [-0.25, -0.2) is 4.79 Å². The van der Waals surface area contributed by atoms with Crippen molar-refractivity contribution in [3.05, 3.63) is 95.8 Å². The molecule has 0 aliphatic heterocycles. The molecule has 1 aromatic heterocycles. The second kappa shape index (κ2) is 9.86. The largest absolute Gasteiger partial charge is 0.444 e. The highest BCUT2D eigenvalue weighted by Crippen LogP contribution is 2.24. The zero-order chi connectivity index (χ0) is 23.2. The first-order valence-corrected chi connectivity index (χ1v) is 10.9. The van der Waals surface area contributed by atoms with Gasteiger partial charge in [0.2, 0.25) is 0 Å². The molecule has 2 aromatic carbocycles. The number of aromatic nitrogens is 1. The number of anilines is 1. The molecule has 5 nitrogen and oxygen atoms in total. The lowest BCUT2D eigenvalue weighted by Gasteiger charge is -2.29. The van der Waals surface area contributed by atoms with Crippen LogP contribution in [0.1, 0.15) is 51.4 Å². The van der Waals surface area contributed by atoms with E-state index in [1.54, 1.807) is 0 Å². The lowest BCUT2D eigenvalue weighted by molar-refractivity contribution is 0.0468. The van der Waals surface area contributed by atoms with Crippen molar-refractivity contribution in [2.75, 3.05) is 4.90 Å². The summed E-state index contributed by atoms with van der Waals surface area (Å²) in [6.45, 7) is 10.9. The standard InChI is InChI=1S/C27H33N3O2/c1-26(2,3)32-25(31)29-27(4,5)24-17-16-23(18-28-24)30(19-21-12-8-6-9-13-21)20-22-14-10-7-11-15-22/h6-18H,19-20H2,1-5H3,(H,29,31). The number of nitrogens with one attached hydrogen (secondary N) is 1. The van der Waals surface area contributed by atoms with Crippen LogP contribution in [-0.4, -0.2) is 16.7 Å². The van der Waals surface area contributed by atoms with Crippen LogP contribution in [0.4, 0.5) is 10.5 Å². The average Bonchev–Trinajstić information content (AvgIpc) is 2.73. The van der Waals surface area contributed by atoms with Crippen LogP contribution in [0.2, 0.25) is 0 Å². The molecule has 168 valence electrons. The highest BCUT2D eigenvalue weighted by atomic mass is 16.6. The van der Waals surface area contributed by atoms with Crippen molar-refractivity contribution >= 4 is 11.8 Å². The molecule has 0 fully saturated rings. The minimum absolute atomic E-state index is 0.455. The van der Waals surface area contributed by atoms with Gasteiger partial charge in [-0.1, -0.05) is 60.7 Å². The predicted molar refractivity (Wildman–Crippen MR) is 129 cm³/mol. The Hall–Kier alpha value is -3.34. The average molecular weight is 432 g/mol. The molecule has 3 rings (SSSR count). The third kappa shape index (κ3) is 6.84. The number of carbonyl (C=O) groups excluding carboxylic acids is 1. The van der Waals surface area contributed by atoms with Crippen LogP contribution >= 0.6 is 0 Å². The first-order valence-electron chi connectivity index (χ1n) is 10.9. The summed E-state index contributed by atoms with van der Waals surface area (Å²) in [7, 11) is 0. The number of rotatable bonds is 7. The van der Waals surface area contributed by atoms with E-state index in [2.05, 4.69) is 64.8 Å². The molecule has 0 aliphatic rings. The van der Waals surface area contributed by atoms with Gasteiger partial charge in [0.15, 0.2) is 0 Å². The number of ether oxygens (including phenoxy) is 1. The summed E-state index contributed by atoms with van der Waals surface area (Å²) >= 11 is 0. The van der Waals surface area contributed by atoms with Gasteiger partial charge in [0, 0.05) is 13.1 Å². The van der Waals surface area contributed by atoms with Gasteiger partial charge >= 0.3 is 6.09 Å². The third-order valence-corrected chi connectivity index (χ3v) is 5.00. The van der Waals surface area contributed by atoms with E-state index in [4.69, 9.17) is 9.72 Å². The van der Waals surface area contributed by atoms with Gasteiger partial charge in [-0.05, 0) is 57.9 Å². The fraction of sp³-hybridized carbons (Fsp3) is 0.333. The van der Waals surface area contributed by atoms with E-state index in [0.29, 0.717) is 0 Å². The molecule has 0 atom stereocenters. The topological polar surface area (TPSA) is 54.5 Å². The molecule has 0 spiro atoms. The first-order chi connectivity index (χ1) is 15.1. The molecule has 5 heteroatoms. The first kappa shape index (κ1) is 23.3. The molecule has 1 amide bonds. The molecule has 0 saturated heterocycles. The van der Waals surface area contributed by atoms with Gasteiger partial charge in [-0.3, -0.25) is 4.98 Å². The van der Waals surface area contributed by atoms with Crippen LogP contribution in [-0.2, 0) is 23.4 Å². The van der Waals surface area contributed by atoms with Gasteiger partial charge in [0.25, 0.3) is 0 Å². The maximum atomic E-state index is 12.3. The van der Waals surface area contributed by atoms with Gasteiger partial charge in [-0.15, -0.1) is 0 Å². The van der Waals surface area contributed by atoms with Crippen molar-refractivity contribution in [1.29, 1.82) is 0 Å². The van der Waals surface area contributed by atoms with Crippen molar-refractivity contribution in [3.63, 3.8) is 0 Å². The Morgan fingerprint density at radius 2 is 1.38 bits per heavy atom. The summed E-state index contributed by atoms with van der Waals surface area (Å²) in [5, 5.41) is 2.92. The van der Waals surface area contributed by atoms with E-state index >= 15 is 0 Å². The van der Waals surface area contributed by atoms with E-state index in [1.165, 1.54) is 11.1 Å². The number of alkyl carbamates (subject to hydrolysis) is 1. The number of nitrogens with zero attached hydrogens (tertiary/aromatic N) is 2. The molecule has 0 radical (unpaired) electrons. The van der Waals surface area contributed by atoms with Crippen LogP contribution in [0.5, 0.6) is 0 Å². The Bertz CT molecular complexity index is 953. The molecule has 1 N–H and O–H groups in total. The summed E-state index contributed by atoms with van der Waals surface area (Å²) < 4.78 is 5.40. The van der Waals surface area contributed by atoms with Gasteiger partial charge in [-0.2, -0.15) is 0 Å². The van der Waals surface area contributed by atoms with E-state index < -0.39 is 17.2 Å². The fourth-order valence-electron chi connectivity index (χ4n) is 3.41. The highest BCUT2D eigenvalue weighted by Gasteiger charge is 2.27. The van der Waals surface area contributed by atoms with E-state index in [1.807, 2.05) is 59.0 Å². The van der Waals surface area contributed by atoms with Gasteiger partial charge in [0.05, 0.1) is 23.1 Å². The summed E-state index contributed by atoms with van der Waals surface area (Å²) in [6.07, 6.45) is 1.42. The molecule has 0 unspecified atom stereocenters. The molecule has 0 aliphatic carbocycles. The summed E-state index contributed by atoms with van der Waals surface area (Å²) in [5.41, 5.74) is 3.05. The zero-order valence-corrected chi connectivity index (χ0v) is 19.6. The van der Waals surface area contributed by atoms with Gasteiger partial charge < -0.3 is 15.0 Å². The lowest BCUT2D eigenvalue weighted by Crippen LogP contribution is -2.44.